The average molecular weight is 188 g/mol. The number of halogens is 1. The van der Waals surface area contributed by atoms with Gasteiger partial charge < -0.3 is 10.1 Å². The number of nitrogens with one attached hydrogen (secondary N) is 1. The molecular weight excluding hydrogens is 178 g/mol. The number of hydrogen-bond acceptors (Lipinski definition) is 2. The maximum Gasteiger partial charge on any atom is 0.252 e. The number of hydrogen-bond donors (Lipinski definition) is 1. The number of carbonyl (C=O) groups is 1. The van der Waals surface area contributed by atoms with Crippen LogP contribution in [0.15, 0.2) is 23.8 Å². The highest BCUT2D eigenvalue weighted by Crippen LogP contribution is 2.10. The molecular formula is C8H10ClNO2. The molecule has 0 atom stereocenters. The third-order valence-electron chi connectivity index (χ3n) is 1.57. The molecule has 0 saturated carbocycles. The summed E-state index contributed by atoms with van der Waals surface area (Å²) in [6, 6.07) is 0.102. The number of ether oxygens (including phenoxy) is 1. The van der Waals surface area contributed by atoms with E-state index in [1.807, 2.05) is 0 Å². The zero-order valence-electron chi connectivity index (χ0n) is 6.60. The zero-order chi connectivity index (χ0) is 9.14. The van der Waals surface area contributed by atoms with Gasteiger partial charge >= 0.3 is 0 Å². The van der Waals surface area contributed by atoms with Gasteiger partial charge in [0.05, 0.1) is 24.8 Å². The maximum atomic E-state index is 11.2. The lowest BCUT2D eigenvalue weighted by Crippen LogP contribution is -2.48. The summed E-state index contributed by atoms with van der Waals surface area (Å²) in [5, 5.41) is 2.86. The van der Waals surface area contributed by atoms with E-state index in [1.165, 1.54) is 0 Å². The summed E-state index contributed by atoms with van der Waals surface area (Å²) in [4.78, 5) is 11.2. The van der Waals surface area contributed by atoms with Crippen molar-refractivity contribution in [1.82, 2.24) is 5.32 Å². The molecule has 1 saturated heterocycles. The molecule has 1 aliphatic heterocycles. The summed E-state index contributed by atoms with van der Waals surface area (Å²) in [6.45, 7) is 8.01. The van der Waals surface area contributed by atoms with Crippen LogP contribution in [0.4, 0.5) is 0 Å². The van der Waals surface area contributed by atoms with Gasteiger partial charge in [0, 0.05) is 5.03 Å². The lowest BCUT2D eigenvalue weighted by molar-refractivity contribution is -0.121. The molecule has 0 bridgehead atoms. The molecule has 0 spiro atoms. The molecule has 0 aromatic rings. The SMILES string of the molecule is C=C(Cl)C(=C)C(=O)NC1COC1. The van der Waals surface area contributed by atoms with E-state index < -0.39 is 0 Å². The van der Waals surface area contributed by atoms with Crippen molar-refractivity contribution in [2.24, 2.45) is 0 Å². The summed E-state index contributed by atoms with van der Waals surface area (Å²) in [5.41, 5.74) is 0.212. The monoisotopic (exact) mass is 187 g/mol. The Kier molecular flexibility index (Phi) is 2.89. The van der Waals surface area contributed by atoms with Gasteiger partial charge in [0.1, 0.15) is 0 Å². The van der Waals surface area contributed by atoms with Crippen LogP contribution in [-0.4, -0.2) is 25.2 Å². The van der Waals surface area contributed by atoms with Gasteiger partial charge in [-0.3, -0.25) is 4.79 Å². The predicted molar refractivity (Wildman–Crippen MR) is 46.9 cm³/mol. The van der Waals surface area contributed by atoms with Gasteiger partial charge in [-0.25, -0.2) is 0 Å². The quantitative estimate of drug-likeness (QED) is 0.525. The summed E-state index contributed by atoms with van der Waals surface area (Å²) in [6.07, 6.45) is 0. The first-order chi connectivity index (χ1) is 5.61. The summed E-state index contributed by atoms with van der Waals surface area (Å²) in [7, 11) is 0. The third kappa shape index (κ3) is 2.09. The van der Waals surface area contributed by atoms with Gasteiger partial charge in [0.2, 0.25) is 0 Å². The van der Waals surface area contributed by atoms with Gasteiger partial charge in [-0.1, -0.05) is 24.8 Å². The normalized spacial score (nSPS) is 16.4. The van der Waals surface area contributed by atoms with Crippen molar-refractivity contribution in [3.05, 3.63) is 23.8 Å². The number of rotatable bonds is 3. The molecule has 66 valence electrons. The van der Waals surface area contributed by atoms with Gasteiger partial charge in [0.25, 0.3) is 5.91 Å². The molecule has 12 heavy (non-hydrogen) atoms. The highest BCUT2D eigenvalue weighted by Gasteiger charge is 2.21. The average Bonchev–Trinajstić information content (AvgIpc) is 1.94. The Hall–Kier alpha value is -0.800. The van der Waals surface area contributed by atoms with E-state index >= 15 is 0 Å². The van der Waals surface area contributed by atoms with Crippen LogP contribution in [0.2, 0.25) is 0 Å². The fraction of sp³-hybridized carbons (Fsp3) is 0.375. The minimum atomic E-state index is -0.275. The molecule has 0 aromatic heterocycles. The second-order valence-corrected chi connectivity index (χ2v) is 3.05. The van der Waals surface area contributed by atoms with Crippen molar-refractivity contribution in [3.63, 3.8) is 0 Å². The van der Waals surface area contributed by atoms with Crippen LogP contribution in [0.3, 0.4) is 0 Å². The molecule has 1 N–H and O–H groups in total. The molecule has 3 nitrogen and oxygen atoms in total. The van der Waals surface area contributed by atoms with Crippen LogP contribution < -0.4 is 5.32 Å². The van der Waals surface area contributed by atoms with E-state index in [4.69, 9.17) is 16.3 Å². The second-order valence-electron chi connectivity index (χ2n) is 2.59. The minimum absolute atomic E-state index is 0.102. The Labute approximate surface area is 76.0 Å². The highest BCUT2D eigenvalue weighted by atomic mass is 35.5. The highest BCUT2D eigenvalue weighted by molar-refractivity contribution is 6.34. The van der Waals surface area contributed by atoms with E-state index in [0.717, 1.165) is 0 Å². The maximum absolute atomic E-state index is 11.2. The Morgan fingerprint density at radius 3 is 2.42 bits per heavy atom. The van der Waals surface area contributed by atoms with Crippen LogP contribution >= 0.6 is 11.6 Å². The molecule has 0 aliphatic carbocycles. The van der Waals surface area contributed by atoms with Gasteiger partial charge in [-0.05, 0) is 0 Å². The first kappa shape index (κ1) is 9.29. The summed E-state index contributed by atoms with van der Waals surface area (Å²) < 4.78 is 4.88. The summed E-state index contributed by atoms with van der Waals surface area (Å²) >= 11 is 5.48. The standard InChI is InChI=1S/C8H10ClNO2/c1-5(6(2)9)8(11)10-7-3-12-4-7/h7H,1-4H2,(H,10,11). The Morgan fingerprint density at radius 1 is 1.50 bits per heavy atom. The first-order valence-electron chi connectivity index (χ1n) is 3.53. The van der Waals surface area contributed by atoms with E-state index in [1.54, 1.807) is 0 Å². The van der Waals surface area contributed by atoms with Crippen molar-refractivity contribution in [2.45, 2.75) is 6.04 Å². The number of carbonyl (C=O) groups excluding carboxylic acids is 1. The van der Waals surface area contributed by atoms with Crippen LogP contribution in [-0.2, 0) is 9.53 Å². The predicted octanol–water partition coefficient (Wildman–Crippen LogP) is 0.810. The molecule has 1 fully saturated rings. The molecule has 0 aromatic carbocycles. The fourth-order valence-electron chi connectivity index (χ4n) is 0.715. The second kappa shape index (κ2) is 3.74. The van der Waals surface area contributed by atoms with Crippen molar-refractivity contribution in [1.29, 1.82) is 0 Å². The van der Waals surface area contributed by atoms with Crippen molar-refractivity contribution < 1.29 is 9.53 Å². The van der Waals surface area contributed by atoms with Crippen LogP contribution in [0.5, 0.6) is 0 Å². The lowest BCUT2D eigenvalue weighted by atomic mass is 10.2. The summed E-state index contributed by atoms with van der Waals surface area (Å²) in [5.74, 6) is -0.275. The van der Waals surface area contributed by atoms with Gasteiger partial charge in [-0.2, -0.15) is 0 Å². The fourth-order valence-corrected chi connectivity index (χ4v) is 0.801. The Bertz CT molecular complexity index is 233. The Morgan fingerprint density at radius 2 is 2.08 bits per heavy atom. The van der Waals surface area contributed by atoms with Crippen molar-refractivity contribution in [3.8, 4) is 0 Å². The van der Waals surface area contributed by atoms with Crippen LogP contribution in [0.1, 0.15) is 0 Å². The van der Waals surface area contributed by atoms with Crippen molar-refractivity contribution >= 4 is 17.5 Å². The largest absolute Gasteiger partial charge is 0.377 e. The van der Waals surface area contributed by atoms with Crippen LogP contribution in [0.25, 0.3) is 0 Å². The van der Waals surface area contributed by atoms with E-state index in [-0.39, 0.29) is 22.6 Å². The van der Waals surface area contributed by atoms with E-state index in [2.05, 4.69) is 18.5 Å². The Balaban J connectivity index is 2.36. The van der Waals surface area contributed by atoms with Crippen LogP contribution in [0, 0.1) is 0 Å². The molecule has 1 heterocycles. The van der Waals surface area contributed by atoms with Gasteiger partial charge in [-0.15, -0.1) is 0 Å². The zero-order valence-corrected chi connectivity index (χ0v) is 7.36. The molecule has 4 heteroatoms. The van der Waals surface area contributed by atoms with E-state index in [9.17, 15) is 4.79 Å². The van der Waals surface area contributed by atoms with E-state index in [0.29, 0.717) is 13.2 Å². The number of amides is 1. The third-order valence-corrected chi connectivity index (χ3v) is 1.80. The van der Waals surface area contributed by atoms with Crippen molar-refractivity contribution in [2.75, 3.05) is 13.2 Å². The van der Waals surface area contributed by atoms with Gasteiger partial charge in [0.15, 0.2) is 0 Å². The molecule has 0 radical (unpaired) electrons. The first-order valence-corrected chi connectivity index (χ1v) is 3.91. The minimum Gasteiger partial charge on any atom is -0.377 e. The molecule has 0 unspecified atom stereocenters. The smallest absolute Gasteiger partial charge is 0.252 e. The molecule has 1 rings (SSSR count). The lowest BCUT2D eigenvalue weighted by Gasteiger charge is -2.26. The topological polar surface area (TPSA) is 38.3 Å². The molecule has 1 amide bonds. The molecule has 1 aliphatic rings.